The summed E-state index contributed by atoms with van der Waals surface area (Å²) in [7, 11) is -4.06. The Morgan fingerprint density at radius 3 is 2.36 bits per heavy atom. The quantitative estimate of drug-likeness (QED) is 0.327. The maximum atomic E-state index is 12.5. The number of nitro benzene ring substituents is 1. The third-order valence-electron chi connectivity index (χ3n) is 3.12. The molecule has 0 atom stereocenters. The smallest absolute Gasteiger partial charge is 0.428 e. The number of hydrogen-bond acceptors (Lipinski definition) is 8. The van der Waals surface area contributed by atoms with Crippen molar-refractivity contribution in [1.29, 1.82) is 0 Å². The number of carbonyl (C=O) groups is 1. The van der Waals surface area contributed by atoms with Crippen molar-refractivity contribution in [3.05, 3.63) is 52.3 Å². The Balaban J connectivity index is 2.19. The van der Waals surface area contributed by atoms with Crippen molar-refractivity contribution in [2.45, 2.75) is 36.4 Å². The molecule has 0 aliphatic carbocycles. The first-order chi connectivity index (χ1) is 12.9. The number of nitrogens with two attached hydrogens (primary N) is 1. The van der Waals surface area contributed by atoms with Gasteiger partial charge >= 0.3 is 6.09 Å². The number of nitro groups is 1. The molecule has 2 aromatic rings. The molecule has 3 N–H and O–H groups in total. The molecule has 0 fully saturated rings. The molecule has 0 spiro atoms. The molecule has 1 heterocycles. The van der Waals surface area contributed by atoms with Crippen molar-refractivity contribution in [3.8, 4) is 0 Å². The first-order valence-electron chi connectivity index (χ1n) is 7.82. The number of hydrogen-bond donors (Lipinski definition) is 2. The van der Waals surface area contributed by atoms with Gasteiger partial charge in [0.1, 0.15) is 5.60 Å². The number of rotatable bonds is 5. The van der Waals surface area contributed by atoms with E-state index in [0.29, 0.717) is 0 Å². The maximum Gasteiger partial charge on any atom is 0.428 e. The lowest BCUT2D eigenvalue weighted by Crippen LogP contribution is -2.31. The fourth-order valence-corrected chi connectivity index (χ4v) is 3.10. The molecule has 150 valence electrons. The summed E-state index contributed by atoms with van der Waals surface area (Å²) in [5.41, 5.74) is 6.76. The SMILES string of the molecule is CC(C)(C)OC(=O)N/N=C(\N)c1ccc(S(=O)(=O)c2ccc([N+](=O)[O-])cc2)o1. The van der Waals surface area contributed by atoms with Crippen molar-refractivity contribution in [2.24, 2.45) is 10.8 Å². The Kier molecular flexibility index (Phi) is 5.73. The number of non-ortho nitro benzene ring substituents is 1. The van der Waals surface area contributed by atoms with Gasteiger partial charge in [0, 0.05) is 12.1 Å². The Labute approximate surface area is 160 Å². The molecule has 0 aliphatic rings. The van der Waals surface area contributed by atoms with Crippen LogP contribution in [0.25, 0.3) is 0 Å². The molecule has 0 radical (unpaired) electrons. The van der Waals surface area contributed by atoms with Gasteiger partial charge in [-0.25, -0.2) is 18.6 Å². The highest BCUT2D eigenvalue weighted by atomic mass is 32.2. The Morgan fingerprint density at radius 2 is 1.82 bits per heavy atom. The summed E-state index contributed by atoms with van der Waals surface area (Å²) in [6.07, 6.45) is -0.847. The fourth-order valence-electron chi connectivity index (χ4n) is 1.93. The van der Waals surface area contributed by atoms with Gasteiger partial charge < -0.3 is 14.9 Å². The largest absolute Gasteiger partial charge is 0.443 e. The van der Waals surface area contributed by atoms with Gasteiger partial charge in [-0.2, -0.15) is 0 Å². The number of ether oxygens (including phenoxy) is 1. The van der Waals surface area contributed by atoms with Crippen LogP contribution in [-0.4, -0.2) is 30.9 Å². The number of benzene rings is 1. The van der Waals surface area contributed by atoms with E-state index in [4.69, 9.17) is 14.9 Å². The molecule has 1 aromatic carbocycles. The van der Waals surface area contributed by atoms with Crippen LogP contribution in [0.2, 0.25) is 0 Å². The second kappa shape index (κ2) is 7.68. The summed E-state index contributed by atoms with van der Waals surface area (Å²) in [5.74, 6) is -0.382. The summed E-state index contributed by atoms with van der Waals surface area (Å²) in [6, 6.07) is 6.73. The van der Waals surface area contributed by atoms with E-state index in [-0.39, 0.29) is 22.2 Å². The highest BCUT2D eigenvalue weighted by Gasteiger charge is 2.23. The van der Waals surface area contributed by atoms with E-state index in [2.05, 4.69) is 10.5 Å². The molecule has 0 saturated heterocycles. The molecule has 0 unspecified atom stereocenters. The lowest BCUT2D eigenvalue weighted by atomic mass is 10.2. The van der Waals surface area contributed by atoms with Gasteiger partial charge in [0.15, 0.2) is 11.6 Å². The van der Waals surface area contributed by atoms with Gasteiger partial charge in [-0.05, 0) is 45.0 Å². The minimum Gasteiger partial charge on any atom is -0.443 e. The van der Waals surface area contributed by atoms with E-state index < -0.39 is 31.5 Å². The number of hydrazone groups is 1. The van der Waals surface area contributed by atoms with Gasteiger partial charge in [-0.15, -0.1) is 5.10 Å². The van der Waals surface area contributed by atoms with Crippen molar-refractivity contribution < 1.29 is 27.3 Å². The molecule has 0 bridgehead atoms. The van der Waals surface area contributed by atoms with E-state index >= 15 is 0 Å². The summed E-state index contributed by atoms with van der Waals surface area (Å²) < 4.78 is 35.3. The summed E-state index contributed by atoms with van der Waals surface area (Å²) in [5, 5.41) is 13.8. The van der Waals surface area contributed by atoms with E-state index in [1.165, 1.54) is 6.07 Å². The summed E-state index contributed by atoms with van der Waals surface area (Å²) in [4.78, 5) is 21.4. The average Bonchev–Trinajstić information content (AvgIpc) is 3.09. The Morgan fingerprint density at radius 1 is 1.21 bits per heavy atom. The zero-order valence-electron chi connectivity index (χ0n) is 15.2. The van der Waals surface area contributed by atoms with E-state index in [9.17, 15) is 23.3 Å². The van der Waals surface area contributed by atoms with Gasteiger partial charge in [0.05, 0.1) is 9.82 Å². The van der Waals surface area contributed by atoms with E-state index in [0.717, 1.165) is 30.3 Å². The normalized spacial score (nSPS) is 12.5. The molecule has 0 saturated carbocycles. The van der Waals surface area contributed by atoms with Gasteiger partial charge in [0.2, 0.25) is 14.9 Å². The van der Waals surface area contributed by atoms with E-state index in [1.54, 1.807) is 20.8 Å². The van der Waals surface area contributed by atoms with Gasteiger partial charge in [-0.1, -0.05) is 0 Å². The first-order valence-corrected chi connectivity index (χ1v) is 9.30. The molecule has 1 aromatic heterocycles. The fraction of sp³-hybridized carbons (Fsp3) is 0.250. The predicted octanol–water partition coefficient (Wildman–Crippen LogP) is 2.17. The lowest BCUT2D eigenvalue weighted by molar-refractivity contribution is -0.384. The molecule has 0 aliphatic heterocycles. The zero-order chi connectivity index (χ0) is 21.1. The molecule has 28 heavy (non-hydrogen) atoms. The molecule has 11 nitrogen and oxygen atoms in total. The minimum absolute atomic E-state index is 0.100. The molecular formula is C16H18N4O7S. The lowest BCUT2D eigenvalue weighted by Gasteiger charge is -2.18. The molecule has 1 amide bonds. The van der Waals surface area contributed by atoms with Crippen LogP contribution in [0.4, 0.5) is 10.5 Å². The number of carbonyl (C=O) groups excluding carboxylic acids is 1. The zero-order valence-corrected chi connectivity index (χ0v) is 16.0. The predicted molar refractivity (Wildman–Crippen MR) is 97.4 cm³/mol. The number of sulfone groups is 1. The molecule has 12 heteroatoms. The Hall–Kier alpha value is -3.41. The number of furan rings is 1. The summed E-state index contributed by atoms with van der Waals surface area (Å²) >= 11 is 0. The third kappa shape index (κ3) is 5.07. The van der Waals surface area contributed by atoms with Crippen LogP contribution in [0.15, 0.2) is 55.9 Å². The van der Waals surface area contributed by atoms with Crippen LogP contribution in [0.1, 0.15) is 26.5 Å². The second-order valence-electron chi connectivity index (χ2n) is 6.48. The standard InChI is InChI=1S/C16H18N4O7S/c1-16(2,3)27-15(21)19-18-14(17)12-8-9-13(26-12)28(24,25)11-6-4-10(5-7-11)20(22)23/h4-9H,1-3H3,(H2,17,18)(H,19,21). The van der Waals surface area contributed by atoms with Crippen molar-refractivity contribution in [1.82, 2.24) is 5.43 Å². The topological polar surface area (TPSA) is 167 Å². The van der Waals surface area contributed by atoms with Crippen LogP contribution in [0, 0.1) is 10.1 Å². The highest BCUT2D eigenvalue weighted by molar-refractivity contribution is 7.91. The van der Waals surface area contributed by atoms with Crippen molar-refractivity contribution in [3.63, 3.8) is 0 Å². The van der Waals surface area contributed by atoms with Crippen molar-refractivity contribution in [2.75, 3.05) is 0 Å². The van der Waals surface area contributed by atoms with Crippen LogP contribution >= 0.6 is 0 Å². The summed E-state index contributed by atoms with van der Waals surface area (Å²) in [6.45, 7) is 5.00. The number of nitrogens with zero attached hydrogens (tertiary/aromatic N) is 2. The molecule has 2 rings (SSSR count). The van der Waals surface area contributed by atoms with Crippen LogP contribution in [0.3, 0.4) is 0 Å². The minimum atomic E-state index is -4.06. The van der Waals surface area contributed by atoms with E-state index in [1.807, 2.05) is 0 Å². The average molecular weight is 410 g/mol. The monoisotopic (exact) mass is 410 g/mol. The van der Waals surface area contributed by atoms with Crippen LogP contribution in [0.5, 0.6) is 0 Å². The second-order valence-corrected chi connectivity index (χ2v) is 8.36. The van der Waals surface area contributed by atoms with Gasteiger partial charge in [-0.3, -0.25) is 10.1 Å². The third-order valence-corrected chi connectivity index (χ3v) is 4.76. The van der Waals surface area contributed by atoms with Crippen LogP contribution in [-0.2, 0) is 14.6 Å². The maximum absolute atomic E-state index is 12.5. The molecular weight excluding hydrogens is 392 g/mol. The highest BCUT2D eigenvalue weighted by Crippen LogP contribution is 2.24. The van der Waals surface area contributed by atoms with Crippen molar-refractivity contribution >= 4 is 27.5 Å². The Bertz CT molecular complexity index is 1020. The number of nitrogens with one attached hydrogen (secondary N) is 1. The number of amides is 1. The van der Waals surface area contributed by atoms with Gasteiger partial charge in [0.25, 0.3) is 5.69 Å². The van der Waals surface area contributed by atoms with Crippen LogP contribution < -0.4 is 11.2 Å². The first kappa shape index (κ1) is 20.9. The number of amidine groups is 1.